The monoisotopic (exact) mass is 493 g/mol. The minimum absolute atomic E-state index is 0.0251. The third-order valence-corrected chi connectivity index (χ3v) is 9.72. The second kappa shape index (κ2) is 16.6. The maximum atomic E-state index is 14.5. The summed E-state index contributed by atoms with van der Waals surface area (Å²) < 4.78 is 45.4. The molecule has 1 aliphatic rings. The van der Waals surface area contributed by atoms with Gasteiger partial charge in [0.2, 0.25) is 0 Å². The van der Waals surface area contributed by atoms with Gasteiger partial charge in [0.25, 0.3) is 7.52 Å². The zero-order valence-electron chi connectivity index (χ0n) is 22.4. The van der Waals surface area contributed by atoms with Crippen LogP contribution in [0.1, 0.15) is 80.1 Å². The van der Waals surface area contributed by atoms with Crippen LogP contribution in [0.25, 0.3) is 0 Å². The van der Waals surface area contributed by atoms with Gasteiger partial charge in [-0.2, -0.15) is 0 Å². The fourth-order valence-electron chi connectivity index (χ4n) is 3.75. The van der Waals surface area contributed by atoms with Crippen LogP contribution >= 0.6 is 7.52 Å². The molecule has 0 bridgehead atoms. The molecule has 2 unspecified atom stereocenters. The van der Waals surface area contributed by atoms with Gasteiger partial charge in [0.15, 0.2) is 0 Å². The van der Waals surface area contributed by atoms with E-state index < -0.39 is 12.7 Å². The number of hydrogen-bond donors (Lipinski definition) is 0. The van der Waals surface area contributed by atoms with Gasteiger partial charge in [-0.25, -0.2) is 4.67 Å². The van der Waals surface area contributed by atoms with E-state index >= 15 is 0 Å². The van der Waals surface area contributed by atoms with Crippen LogP contribution in [0.3, 0.4) is 0 Å². The predicted molar refractivity (Wildman–Crippen MR) is 135 cm³/mol. The summed E-state index contributed by atoms with van der Waals surface area (Å²) in [6.45, 7) is 18.5. The van der Waals surface area contributed by atoms with E-state index in [1.807, 2.05) is 25.4 Å². The third kappa shape index (κ3) is 12.0. The Morgan fingerprint density at radius 1 is 0.758 bits per heavy atom. The lowest BCUT2D eigenvalue weighted by atomic mass is 9.83. The summed E-state index contributed by atoms with van der Waals surface area (Å²) in [7, 11) is -3.16. The maximum Gasteiger partial charge on any atom is 0.277 e. The zero-order valence-corrected chi connectivity index (χ0v) is 23.3. The molecule has 7 nitrogen and oxygen atoms in total. The van der Waals surface area contributed by atoms with E-state index in [1.54, 1.807) is 0 Å². The minimum atomic E-state index is -3.16. The van der Waals surface area contributed by atoms with E-state index in [0.29, 0.717) is 72.6 Å². The predicted octanol–water partition coefficient (Wildman–Crippen LogP) is 5.76. The van der Waals surface area contributed by atoms with Gasteiger partial charge < -0.3 is 23.5 Å². The number of unbranched alkanes of at least 4 members (excludes halogenated alkanes) is 3. The summed E-state index contributed by atoms with van der Waals surface area (Å²) in [5.41, 5.74) is 0.0251. The highest BCUT2D eigenvalue weighted by Crippen LogP contribution is 2.62. The Kier molecular flexibility index (Phi) is 15.6. The van der Waals surface area contributed by atoms with Crippen molar-refractivity contribution >= 4 is 7.52 Å². The molecule has 1 heterocycles. The normalized spacial score (nSPS) is 22.6. The molecule has 8 heteroatoms. The summed E-state index contributed by atoms with van der Waals surface area (Å²) in [4.78, 5) is 0. The highest BCUT2D eigenvalue weighted by molar-refractivity contribution is 7.58. The smallest absolute Gasteiger partial charge is 0.277 e. The highest BCUT2D eigenvalue weighted by Gasteiger charge is 2.44. The van der Waals surface area contributed by atoms with Crippen LogP contribution in [0.15, 0.2) is 0 Å². The van der Waals surface area contributed by atoms with Crippen molar-refractivity contribution in [1.82, 2.24) is 4.67 Å². The lowest BCUT2D eigenvalue weighted by molar-refractivity contribution is 0.00206. The molecule has 0 saturated carbocycles. The average Bonchev–Trinajstić information content (AvgIpc) is 2.79. The van der Waals surface area contributed by atoms with E-state index in [9.17, 15) is 4.57 Å². The van der Waals surface area contributed by atoms with E-state index in [0.717, 1.165) is 12.8 Å². The molecular formula is C25H52NO6P. The van der Waals surface area contributed by atoms with Gasteiger partial charge in [0.05, 0.1) is 64.6 Å². The first-order valence-corrected chi connectivity index (χ1v) is 14.6. The van der Waals surface area contributed by atoms with Gasteiger partial charge in [-0.1, -0.05) is 46.5 Å². The highest BCUT2D eigenvalue weighted by atomic mass is 31.2. The van der Waals surface area contributed by atoms with Crippen molar-refractivity contribution in [2.75, 3.05) is 72.6 Å². The molecule has 1 rings (SSSR count). The van der Waals surface area contributed by atoms with Crippen LogP contribution in [0.4, 0.5) is 0 Å². The molecule has 0 radical (unpaired) electrons. The molecular weight excluding hydrogens is 441 g/mol. The van der Waals surface area contributed by atoms with Crippen LogP contribution in [0, 0.1) is 5.41 Å². The van der Waals surface area contributed by atoms with Crippen molar-refractivity contribution < 1.29 is 28.0 Å². The first kappa shape index (κ1) is 31.0. The summed E-state index contributed by atoms with van der Waals surface area (Å²) in [5, 5.41) is -0.515. The Labute approximate surface area is 203 Å². The fourth-order valence-corrected chi connectivity index (χ4v) is 6.32. The molecule has 1 fully saturated rings. The number of nitrogens with zero attached hydrogens (tertiary/aromatic N) is 1. The summed E-state index contributed by atoms with van der Waals surface area (Å²) in [6, 6.07) is 0. The lowest BCUT2D eigenvalue weighted by Gasteiger charge is -2.41. The zero-order chi connectivity index (χ0) is 24.6. The SMILES string of the molecule is CCCCCCC(C)(CC)COP(=O)(N1CCOCCOCCOCCOCC1)C(C)(C)C. The van der Waals surface area contributed by atoms with Crippen LogP contribution in [0.2, 0.25) is 0 Å². The first-order chi connectivity index (χ1) is 15.7. The van der Waals surface area contributed by atoms with Crippen molar-refractivity contribution in [2.24, 2.45) is 5.41 Å². The lowest BCUT2D eigenvalue weighted by Crippen LogP contribution is -2.38. The van der Waals surface area contributed by atoms with Gasteiger partial charge in [0.1, 0.15) is 0 Å². The van der Waals surface area contributed by atoms with Crippen molar-refractivity contribution in [3.8, 4) is 0 Å². The number of hydrogen-bond acceptors (Lipinski definition) is 6. The van der Waals surface area contributed by atoms with E-state index in [4.69, 9.17) is 23.5 Å². The van der Waals surface area contributed by atoms with Crippen molar-refractivity contribution in [3.63, 3.8) is 0 Å². The fraction of sp³-hybridized carbons (Fsp3) is 1.00. The van der Waals surface area contributed by atoms with Crippen LogP contribution < -0.4 is 0 Å². The molecule has 0 aromatic carbocycles. The molecule has 198 valence electrons. The van der Waals surface area contributed by atoms with E-state index in [2.05, 4.69) is 20.8 Å². The Morgan fingerprint density at radius 2 is 1.24 bits per heavy atom. The topological polar surface area (TPSA) is 66.5 Å². The van der Waals surface area contributed by atoms with E-state index in [1.165, 1.54) is 25.7 Å². The quantitative estimate of drug-likeness (QED) is 0.283. The van der Waals surface area contributed by atoms with Gasteiger partial charge in [-0.3, -0.25) is 4.57 Å². The molecule has 0 amide bonds. The molecule has 33 heavy (non-hydrogen) atoms. The molecule has 0 aromatic rings. The second-order valence-electron chi connectivity index (χ2n) is 10.3. The minimum Gasteiger partial charge on any atom is -0.378 e. The van der Waals surface area contributed by atoms with E-state index in [-0.39, 0.29) is 5.41 Å². The van der Waals surface area contributed by atoms with Crippen molar-refractivity contribution in [2.45, 2.75) is 85.2 Å². The molecule has 0 aromatic heterocycles. The van der Waals surface area contributed by atoms with Crippen LogP contribution in [-0.2, 0) is 28.0 Å². The van der Waals surface area contributed by atoms with Gasteiger partial charge in [-0.15, -0.1) is 0 Å². The maximum absolute atomic E-state index is 14.5. The molecule has 0 aliphatic carbocycles. The molecule has 1 aliphatic heterocycles. The Hall–Kier alpha value is -0.0100. The molecule has 0 spiro atoms. The summed E-state index contributed by atoms with van der Waals surface area (Å²) in [6.07, 6.45) is 7.05. The van der Waals surface area contributed by atoms with Crippen LogP contribution in [0.5, 0.6) is 0 Å². The second-order valence-corrected chi connectivity index (χ2v) is 13.5. The Balaban J connectivity index is 2.88. The average molecular weight is 494 g/mol. The van der Waals surface area contributed by atoms with Crippen LogP contribution in [-0.4, -0.2) is 82.4 Å². The Bertz CT molecular complexity index is 525. The third-order valence-electron chi connectivity index (χ3n) is 6.40. The van der Waals surface area contributed by atoms with Gasteiger partial charge in [-0.05, 0) is 39.0 Å². The Morgan fingerprint density at radius 3 is 1.67 bits per heavy atom. The van der Waals surface area contributed by atoms with Gasteiger partial charge >= 0.3 is 0 Å². The number of rotatable bonds is 10. The summed E-state index contributed by atoms with van der Waals surface area (Å²) >= 11 is 0. The largest absolute Gasteiger partial charge is 0.378 e. The van der Waals surface area contributed by atoms with Gasteiger partial charge in [0, 0.05) is 13.1 Å². The molecule has 0 N–H and O–H groups in total. The molecule has 2 atom stereocenters. The van der Waals surface area contributed by atoms with Crippen molar-refractivity contribution in [3.05, 3.63) is 0 Å². The first-order valence-electron chi connectivity index (χ1n) is 13.0. The standard InChI is InChI=1S/C25H52NO6P/c1-7-9-10-11-12-25(6,8-2)23-32-33(27,24(3,4)5)26-13-15-28-17-19-30-21-22-31-20-18-29-16-14-26/h7-23H2,1-6H3. The molecule has 1 saturated heterocycles. The summed E-state index contributed by atoms with van der Waals surface area (Å²) in [5.74, 6) is 0. The van der Waals surface area contributed by atoms with Crippen molar-refractivity contribution in [1.29, 1.82) is 0 Å². The number of ether oxygens (including phenoxy) is 4.